The molecule has 2 aromatic carbocycles. The van der Waals surface area contributed by atoms with Crippen molar-refractivity contribution in [2.75, 3.05) is 14.8 Å². The van der Waals surface area contributed by atoms with Crippen LogP contribution in [0.4, 0.5) is 11.4 Å². The molecule has 7 nitrogen and oxygen atoms in total. The fraction of sp³-hybridized carbons (Fsp3) is 0.278. The van der Waals surface area contributed by atoms with E-state index in [4.69, 9.17) is 0 Å². The van der Waals surface area contributed by atoms with Crippen LogP contribution in [0.25, 0.3) is 0 Å². The lowest BCUT2D eigenvalue weighted by molar-refractivity contribution is -0.119. The average molecular weight is 409 g/mol. The zero-order valence-corrected chi connectivity index (χ0v) is 16.8. The first-order valence-corrected chi connectivity index (χ1v) is 11.4. The number of nitrogens with one attached hydrogen (secondary N) is 1. The lowest BCUT2D eigenvalue weighted by Crippen LogP contribution is -2.30. The number of carbonyl (C=O) groups excluding carboxylic acids is 1. The molecule has 9 heteroatoms. The third-order valence-corrected chi connectivity index (χ3v) is 7.77. The number of aryl methyl sites for hydroxylation is 2. The Morgan fingerprint density at radius 3 is 2.19 bits per heavy atom. The Morgan fingerprint density at radius 2 is 1.67 bits per heavy atom. The van der Waals surface area contributed by atoms with Crippen LogP contribution in [0.1, 0.15) is 18.1 Å². The van der Waals surface area contributed by atoms with Gasteiger partial charge < -0.3 is 0 Å². The second-order valence-corrected chi connectivity index (χ2v) is 10.2. The Labute approximate surface area is 159 Å². The predicted molar refractivity (Wildman–Crippen MR) is 104 cm³/mol. The van der Waals surface area contributed by atoms with Gasteiger partial charge in [0.05, 0.1) is 22.3 Å². The number of carbonyl (C=O) groups is 1. The van der Waals surface area contributed by atoms with E-state index in [-0.39, 0.29) is 16.3 Å². The lowest BCUT2D eigenvalue weighted by Gasteiger charge is -2.16. The first kappa shape index (κ1) is 19.4. The van der Waals surface area contributed by atoms with Crippen molar-refractivity contribution in [3.63, 3.8) is 0 Å². The average Bonchev–Trinajstić information content (AvgIpc) is 2.78. The lowest BCUT2D eigenvalue weighted by atomic mass is 10.1. The quantitative estimate of drug-likeness (QED) is 0.837. The number of benzene rings is 2. The molecule has 27 heavy (non-hydrogen) atoms. The third kappa shape index (κ3) is 3.70. The van der Waals surface area contributed by atoms with Crippen molar-refractivity contribution in [2.24, 2.45) is 5.92 Å². The van der Waals surface area contributed by atoms with E-state index in [0.717, 1.165) is 15.4 Å². The van der Waals surface area contributed by atoms with Gasteiger partial charge in [0, 0.05) is 5.69 Å². The number of rotatable bonds is 4. The Balaban J connectivity index is 1.88. The van der Waals surface area contributed by atoms with E-state index in [1.807, 2.05) is 19.9 Å². The number of sulfonamides is 2. The van der Waals surface area contributed by atoms with Crippen LogP contribution < -0.4 is 9.03 Å². The van der Waals surface area contributed by atoms with Crippen molar-refractivity contribution in [3.8, 4) is 0 Å². The fourth-order valence-electron chi connectivity index (χ4n) is 2.87. The maximum atomic E-state index is 12.6. The molecule has 2 aromatic rings. The number of anilines is 2. The minimum absolute atomic E-state index is 0.0263. The Morgan fingerprint density at radius 1 is 1.04 bits per heavy atom. The number of hydrogen-bond donors (Lipinski definition) is 1. The summed E-state index contributed by atoms with van der Waals surface area (Å²) in [5, 5.41) is 0. The van der Waals surface area contributed by atoms with Crippen LogP contribution >= 0.6 is 0 Å². The van der Waals surface area contributed by atoms with Crippen LogP contribution in [0, 0.1) is 19.8 Å². The number of nitrogens with zero attached hydrogens (tertiary/aromatic N) is 1. The summed E-state index contributed by atoms with van der Waals surface area (Å²) in [7, 11) is -7.56. The van der Waals surface area contributed by atoms with Gasteiger partial charge in [0.2, 0.25) is 15.9 Å². The van der Waals surface area contributed by atoms with Crippen LogP contribution in [0.2, 0.25) is 0 Å². The maximum absolute atomic E-state index is 12.6. The van der Waals surface area contributed by atoms with Gasteiger partial charge in [-0.3, -0.25) is 9.52 Å². The summed E-state index contributed by atoms with van der Waals surface area (Å²) < 4.78 is 52.6. The van der Waals surface area contributed by atoms with Gasteiger partial charge in [-0.2, -0.15) is 0 Å². The topological polar surface area (TPSA) is 101 Å². The highest BCUT2D eigenvalue weighted by atomic mass is 32.2. The van der Waals surface area contributed by atoms with Crippen molar-refractivity contribution >= 4 is 37.3 Å². The van der Waals surface area contributed by atoms with Crippen LogP contribution in [-0.4, -0.2) is 28.5 Å². The SMILES string of the molecule is Cc1ccc(NS(=O)(=O)c2ccc(N3C(=O)[C@H](C)CS3(=O)=O)cc2)cc1C. The Bertz CT molecular complexity index is 1110. The van der Waals surface area contributed by atoms with Gasteiger partial charge in [-0.1, -0.05) is 13.0 Å². The first-order chi connectivity index (χ1) is 12.5. The maximum Gasteiger partial charge on any atom is 0.261 e. The van der Waals surface area contributed by atoms with Crippen molar-refractivity contribution in [1.82, 2.24) is 0 Å². The molecule has 1 aliphatic heterocycles. The normalized spacial score (nSPS) is 19.3. The second kappa shape index (κ2) is 6.65. The van der Waals surface area contributed by atoms with E-state index >= 15 is 0 Å². The molecule has 0 unspecified atom stereocenters. The molecule has 0 aliphatic carbocycles. The number of hydrogen-bond acceptors (Lipinski definition) is 5. The first-order valence-electron chi connectivity index (χ1n) is 8.28. The van der Waals surface area contributed by atoms with Crippen LogP contribution in [0.5, 0.6) is 0 Å². The summed E-state index contributed by atoms with van der Waals surface area (Å²) in [5.74, 6) is -1.39. The summed E-state index contributed by atoms with van der Waals surface area (Å²) in [6, 6.07) is 10.4. The van der Waals surface area contributed by atoms with E-state index in [0.29, 0.717) is 5.69 Å². The van der Waals surface area contributed by atoms with Gasteiger partial charge in [-0.15, -0.1) is 0 Å². The number of amides is 1. The van der Waals surface area contributed by atoms with Crippen molar-refractivity contribution in [2.45, 2.75) is 25.7 Å². The second-order valence-electron chi connectivity index (χ2n) is 6.68. The van der Waals surface area contributed by atoms with E-state index < -0.39 is 31.9 Å². The van der Waals surface area contributed by atoms with Crippen molar-refractivity contribution < 1.29 is 21.6 Å². The summed E-state index contributed by atoms with van der Waals surface area (Å²) in [6.45, 7) is 5.36. The third-order valence-electron chi connectivity index (χ3n) is 4.50. The van der Waals surface area contributed by atoms with Gasteiger partial charge in [-0.05, 0) is 61.4 Å². The van der Waals surface area contributed by atoms with Crippen LogP contribution in [0.3, 0.4) is 0 Å². The minimum atomic E-state index is -3.84. The summed E-state index contributed by atoms with van der Waals surface area (Å²) in [6.07, 6.45) is 0. The summed E-state index contributed by atoms with van der Waals surface area (Å²) in [5.41, 5.74) is 2.58. The monoisotopic (exact) mass is 408 g/mol. The highest BCUT2D eigenvalue weighted by Crippen LogP contribution is 2.29. The molecule has 3 rings (SSSR count). The van der Waals surface area contributed by atoms with E-state index in [9.17, 15) is 21.6 Å². The van der Waals surface area contributed by atoms with Gasteiger partial charge in [-0.25, -0.2) is 21.1 Å². The van der Waals surface area contributed by atoms with Gasteiger partial charge in [0.25, 0.3) is 10.0 Å². The molecule has 144 valence electrons. The molecular weight excluding hydrogens is 388 g/mol. The molecule has 1 atom stereocenters. The highest BCUT2D eigenvalue weighted by Gasteiger charge is 2.41. The van der Waals surface area contributed by atoms with E-state index in [1.54, 1.807) is 19.1 Å². The Kier molecular flexibility index (Phi) is 4.77. The van der Waals surface area contributed by atoms with Crippen LogP contribution in [-0.2, 0) is 24.8 Å². The summed E-state index contributed by atoms with van der Waals surface area (Å²) in [4.78, 5) is 12.1. The predicted octanol–water partition coefficient (Wildman–Crippen LogP) is 2.42. The molecule has 1 fully saturated rings. The molecule has 0 radical (unpaired) electrons. The molecule has 0 bridgehead atoms. The van der Waals surface area contributed by atoms with Gasteiger partial charge in [0.1, 0.15) is 0 Å². The molecule has 1 amide bonds. The zero-order valence-electron chi connectivity index (χ0n) is 15.1. The van der Waals surface area contributed by atoms with E-state index in [1.165, 1.54) is 24.3 Å². The molecule has 1 saturated heterocycles. The van der Waals surface area contributed by atoms with Gasteiger partial charge >= 0.3 is 0 Å². The molecule has 0 spiro atoms. The minimum Gasteiger partial charge on any atom is -0.280 e. The Hall–Kier alpha value is -2.39. The zero-order chi connectivity index (χ0) is 20.0. The van der Waals surface area contributed by atoms with Crippen molar-refractivity contribution in [3.05, 3.63) is 53.6 Å². The molecule has 1 aliphatic rings. The smallest absolute Gasteiger partial charge is 0.261 e. The fourth-order valence-corrected chi connectivity index (χ4v) is 5.74. The van der Waals surface area contributed by atoms with Crippen LogP contribution in [0.15, 0.2) is 47.4 Å². The molecule has 1 heterocycles. The molecular formula is C18H20N2O5S2. The molecule has 1 N–H and O–H groups in total. The largest absolute Gasteiger partial charge is 0.280 e. The molecule has 0 aromatic heterocycles. The van der Waals surface area contributed by atoms with E-state index in [2.05, 4.69) is 4.72 Å². The van der Waals surface area contributed by atoms with Gasteiger partial charge in [0.15, 0.2) is 0 Å². The standard InChI is InChI=1S/C18H20N2O5S2/c1-12-4-5-15(10-13(12)2)19-27(24,25)17-8-6-16(7-9-17)20-18(21)14(3)11-26(20,22)23/h4-10,14,19H,11H2,1-3H3/t14-/m1/s1. The highest BCUT2D eigenvalue weighted by molar-refractivity contribution is 7.94. The van der Waals surface area contributed by atoms with Crippen molar-refractivity contribution in [1.29, 1.82) is 0 Å². The molecule has 0 saturated carbocycles. The summed E-state index contributed by atoms with van der Waals surface area (Å²) >= 11 is 0.